The Morgan fingerprint density at radius 3 is 2.60 bits per heavy atom. The van der Waals surface area contributed by atoms with Crippen LogP contribution in [-0.4, -0.2) is 35.4 Å². The monoisotopic (exact) mass is 416 g/mol. The summed E-state index contributed by atoms with van der Waals surface area (Å²) in [4.78, 5) is 27.1. The van der Waals surface area contributed by atoms with E-state index in [-0.39, 0.29) is 11.4 Å². The fourth-order valence-corrected chi connectivity index (χ4v) is 4.27. The van der Waals surface area contributed by atoms with Gasteiger partial charge in [0.25, 0.3) is 5.56 Å². The Hall–Kier alpha value is -2.86. The molecule has 1 atom stereocenters. The van der Waals surface area contributed by atoms with Gasteiger partial charge >= 0.3 is 5.69 Å². The van der Waals surface area contributed by atoms with Gasteiger partial charge in [-0.2, -0.15) is 9.94 Å². The molecule has 1 aliphatic heterocycles. The van der Waals surface area contributed by atoms with E-state index in [2.05, 4.69) is 12.2 Å². The third-order valence-electron chi connectivity index (χ3n) is 5.76. The molecule has 0 radical (unpaired) electrons. The van der Waals surface area contributed by atoms with Crippen molar-refractivity contribution in [2.75, 3.05) is 36.9 Å². The number of anilines is 1. The average Bonchev–Trinajstić information content (AvgIpc) is 3.44. The predicted molar refractivity (Wildman–Crippen MR) is 116 cm³/mol. The van der Waals surface area contributed by atoms with Crippen LogP contribution in [0.4, 0.5) is 10.1 Å². The van der Waals surface area contributed by atoms with Crippen LogP contribution in [0.2, 0.25) is 0 Å². The van der Waals surface area contributed by atoms with E-state index in [1.54, 1.807) is 17.6 Å². The molecular weight excluding hydrogens is 387 g/mol. The maximum Gasteiger partial charge on any atom is 0.350 e. The minimum Gasteiger partial charge on any atom is -0.369 e. The number of nitriles is 1. The van der Waals surface area contributed by atoms with Gasteiger partial charge < -0.3 is 16.1 Å². The normalized spacial score (nSPS) is 18.2. The molecule has 2 aliphatic rings. The van der Waals surface area contributed by atoms with Crippen molar-refractivity contribution in [3.8, 4) is 6.07 Å². The number of rotatable bonds is 5. The molecule has 162 valence electrons. The van der Waals surface area contributed by atoms with E-state index in [0.29, 0.717) is 27.4 Å². The molecule has 4 rings (SSSR count). The maximum absolute atomic E-state index is 15.0. The molecule has 1 aliphatic carbocycles. The minimum absolute atomic E-state index is 0.0347. The summed E-state index contributed by atoms with van der Waals surface area (Å²) in [7, 11) is 0. The lowest BCUT2D eigenvalue weighted by Gasteiger charge is -2.24. The molecule has 2 fully saturated rings. The quantitative estimate of drug-likeness (QED) is 0.717. The molecule has 1 aromatic carbocycles. The summed E-state index contributed by atoms with van der Waals surface area (Å²) in [6.07, 6.45) is 2.73. The minimum atomic E-state index is -0.646. The highest BCUT2D eigenvalue weighted by Crippen LogP contribution is 2.39. The van der Waals surface area contributed by atoms with Gasteiger partial charge in [0.05, 0.1) is 22.7 Å². The Kier molecular flexibility index (Phi) is 6.46. The van der Waals surface area contributed by atoms with Gasteiger partial charge in [-0.05, 0) is 51.3 Å². The number of hydrogen-bond donors (Lipinski definition) is 2. The number of aromatic nitrogens is 2. The largest absolute Gasteiger partial charge is 0.369 e. The molecule has 0 spiro atoms. The van der Waals surface area contributed by atoms with Gasteiger partial charge in [0.1, 0.15) is 5.82 Å². The smallest absolute Gasteiger partial charge is 0.350 e. The number of hydrogen-bond acceptors (Lipinski definition) is 6. The van der Waals surface area contributed by atoms with Gasteiger partial charge in [-0.1, -0.05) is 6.92 Å². The first-order valence-corrected chi connectivity index (χ1v) is 10.4. The molecule has 3 N–H and O–H groups in total. The van der Waals surface area contributed by atoms with Gasteiger partial charge in [-0.25, -0.2) is 9.18 Å². The van der Waals surface area contributed by atoms with Crippen LogP contribution in [0.5, 0.6) is 0 Å². The Bertz CT molecular complexity index is 1100. The number of halogens is 1. The number of nitrogens with zero attached hydrogens (tertiary/aromatic N) is 4. The van der Waals surface area contributed by atoms with E-state index in [1.807, 2.05) is 4.90 Å². The average molecular weight is 417 g/mol. The topological polar surface area (TPSA) is 109 Å². The van der Waals surface area contributed by atoms with Crippen LogP contribution < -0.4 is 27.3 Å². The van der Waals surface area contributed by atoms with Crippen LogP contribution in [0, 0.1) is 30.0 Å². The molecule has 9 heteroatoms. The zero-order valence-electron chi connectivity index (χ0n) is 17.7. The lowest BCUT2D eigenvalue weighted by molar-refractivity contribution is 0.527. The Labute approximate surface area is 174 Å². The Morgan fingerprint density at radius 2 is 2.00 bits per heavy atom. The first-order chi connectivity index (χ1) is 14.3. The lowest BCUT2D eigenvalue weighted by Crippen LogP contribution is -2.44. The zero-order valence-corrected chi connectivity index (χ0v) is 17.7. The third kappa shape index (κ3) is 3.92. The van der Waals surface area contributed by atoms with Crippen LogP contribution >= 0.6 is 0 Å². The van der Waals surface area contributed by atoms with Crippen molar-refractivity contribution < 1.29 is 4.39 Å². The van der Waals surface area contributed by atoms with Crippen molar-refractivity contribution in [1.82, 2.24) is 14.6 Å². The number of nitrogens with one attached hydrogen (secondary N) is 1. The summed E-state index contributed by atoms with van der Waals surface area (Å²) in [6, 6.07) is 3.03. The Balaban J connectivity index is 0.000000806. The van der Waals surface area contributed by atoms with Crippen LogP contribution in [0.3, 0.4) is 0 Å². The van der Waals surface area contributed by atoms with Crippen molar-refractivity contribution in [2.24, 2.45) is 5.92 Å². The third-order valence-corrected chi connectivity index (χ3v) is 5.76. The van der Waals surface area contributed by atoms with Crippen LogP contribution in [0.15, 0.2) is 15.7 Å². The highest BCUT2D eigenvalue weighted by atomic mass is 19.1. The van der Waals surface area contributed by atoms with Gasteiger partial charge in [-0.3, -0.25) is 9.36 Å². The summed E-state index contributed by atoms with van der Waals surface area (Å²) < 4.78 is 17.2. The van der Waals surface area contributed by atoms with Gasteiger partial charge in [0.2, 0.25) is 0 Å². The summed E-state index contributed by atoms with van der Waals surface area (Å²) in [5.74, 6) is 5.70. The van der Waals surface area contributed by atoms with Crippen LogP contribution in [0.25, 0.3) is 10.9 Å². The highest BCUT2D eigenvalue weighted by Gasteiger charge is 2.32. The second-order valence-electron chi connectivity index (χ2n) is 7.92. The van der Waals surface area contributed by atoms with Crippen molar-refractivity contribution in [3.05, 3.63) is 38.3 Å². The number of nitrogen functional groups attached to an aromatic ring is 1. The van der Waals surface area contributed by atoms with Gasteiger partial charge in [-0.15, -0.1) is 0 Å². The van der Waals surface area contributed by atoms with Crippen molar-refractivity contribution in [3.63, 3.8) is 0 Å². The molecule has 8 nitrogen and oxygen atoms in total. The highest BCUT2D eigenvalue weighted by molar-refractivity contribution is 5.87. The first kappa shape index (κ1) is 21.8. The molecule has 1 saturated heterocycles. The summed E-state index contributed by atoms with van der Waals surface area (Å²) in [5, 5.41) is 10.8. The molecule has 30 heavy (non-hydrogen) atoms. The molecule has 1 saturated carbocycles. The van der Waals surface area contributed by atoms with E-state index in [9.17, 15) is 9.59 Å². The van der Waals surface area contributed by atoms with E-state index < -0.39 is 17.1 Å². The van der Waals surface area contributed by atoms with E-state index in [1.165, 1.54) is 13.0 Å². The van der Waals surface area contributed by atoms with Gasteiger partial charge in [0.15, 0.2) is 0 Å². The molecule has 2 heterocycles. The number of aryl methyl sites for hydroxylation is 1. The zero-order chi connectivity index (χ0) is 22.0. The summed E-state index contributed by atoms with van der Waals surface area (Å²) in [5.41, 5.74) is 0.509. The molecule has 1 unspecified atom stereocenters. The summed E-state index contributed by atoms with van der Waals surface area (Å²) in [6.45, 7) is 8.65. The van der Waals surface area contributed by atoms with E-state index in [4.69, 9.17) is 11.1 Å². The standard InChI is InChI=1S/C19H26FN5O2.C2H3N/c1-3-22-9-12-6-7-23(10-12)17-11(2)16-14(8-15(17)20)18(26)25(21)19(27)24(16)13-4-5-13;1-2-3/h8,12-13,22H,3-7,9-10,21H2,1-2H3;1H3. The predicted octanol–water partition coefficient (Wildman–Crippen LogP) is 1.63. The second kappa shape index (κ2) is 8.88. The van der Waals surface area contributed by atoms with Gasteiger partial charge in [0, 0.05) is 31.6 Å². The molecule has 0 amide bonds. The molecule has 1 aromatic heterocycles. The second-order valence-corrected chi connectivity index (χ2v) is 7.92. The summed E-state index contributed by atoms with van der Waals surface area (Å²) >= 11 is 0. The molecular formula is C21H29FN6O2. The van der Waals surface area contributed by atoms with Crippen LogP contribution in [0.1, 0.15) is 44.7 Å². The maximum atomic E-state index is 15.0. The number of nitrogens with two attached hydrogens (primary N) is 1. The number of benzene rings is 1. The fourth-order valence-electron chi connectivity index (χ4n) is 4.27. The lowest BCUT2D eigenvalue weighted by atomic mass is 10.1. The van der Waals surface area contributed by atoms with E-state index in [0.717, 1.165) is 45.4 Å². The van der Waals surface area contributed by atoms with Crippen molar-refractivity contribution >= 4 is 16.6 Å². The van der Waals surface area contributed by atoms with Crippen molar-refractivity contribution in [1.29, 1.82) is 5.26 Å². The van der Waals surface area contributed by atoms with Crippen molar-refractivity contribution in [2.45, 2.75) is 46.1 Å². The first-order valence-electron chi connectivity index (χ1n) is 10.4. The van der Waals surface area contributed by atoms with E-state index >= 15 is 4.39 Å². The molecule has 0 bridgehead atoms. The molecule has 2 aromatic rings. The SMILES string of the molecule is CC#N.CCNCC1CCN(c2c(F)cc3c(=O)n(N)c(=O)n(C4CC4)c3c2C)C1. The number of fused-ring (bicyclic) bond motifs is 1. The Morgan fingerprint density at radius 1 is 1.33 bits per heavy atom. The fraction of sp³-hybridized carbons (Fsp3) is 0.571. The van der Waals surface area contributed by atoms with Crippen LogP contribution in [-0.2, 0) is 0 Å².